The van der Waals surface area contributed by atoms with Gasteiger partial charge in [0, 0.05) is 25.7 Å². The second-order valence-corrected chi connectivity index (χ2v) is 6.15. The highest BCUT2D eigenvalue weighted by Crippen LogP contribution is 2.29. The summed E-state index contributed by atoms with van der Waals surface area (Å²) in [6, 6.07) is 1.52. The van der Waals surface area contributed by atoms with E-state index in [0.717, 1.165) is 18.0 Å². The van der Waals surface area contributed by atoms with E-state index < -0.39 is 0 Å². The van der Waals surface area contributed by atoms with Gasteiger partial charge in [0.2, 0.25) is 0 Å². The van der Waals surface area contributed by atoms with Crippen LogP contribution in [-0.4, -0.2) is 49.8 Å². The van der Waals surface area contributed by atoms with Gasteiger partial charge in [-0.25, -0.2) is 0 Å². The van der Waals surface area contributed by atoms with Crippen LogP contribution < -0.4 is 5.32 Å². The Bertz CT molecular complexity index is 247. The molecule has 2 rings (SSSR count). The highest BCUT2D eigenvalue weighted by atomic mass is 16.5. The minimum absolute atomic E-state index is 0.515. The molecule has 0 aromatic heterocycles. The van der Waals surface area contributed by atoms with Crippen molar-refractivity contribution in [1.82, 2.24) is 10.2 Å². The van der Waals surface area contributed by atoms with Crippen LogP contribution in [0.3, 0.4) is 0 Å². The van der Waals surface area contributed by atoms with E-state index in [9.17, 15) is 0 Å². The minimum Gasteiger partial charge on any atom is -0.381 e. The lowest BCUT2D eigenvalue weighted by Gasteiger charge is -2.40. The third kappa shape index (κ3) is 3.46. The maximum absolute atomic E-state index is 5.49. The van der Waals surface area contributed by atoms with Crippen LogP contribution in [-0.2, 0) is 4.74 Å². The molecule has 1 N–H and O–H groups in total. The average molecular weight is 254 g/mol. The zero-order chi connectivity index (χ0) is 13.0. The van der Waals surface area contributed by atoms with Crippen LogP contribution in [0.4, 0.5) is 0 Å². The molecule has 2 aliphatic rings. The topological polar surface area (TPSA) is 24.5 Å². The smallest absolute Gasteiger partial charge is 0.0586 e. The van der Waals surface area contributed by atoms with E-state index in [1.165, 1.54) is 51.7 Å². The summed E-state index contributed by atoms with van der Waals surface area (Å²) >= 11 is 0. The number of nitrogens with zero attached hydrogens (tertiary/aromatic N) is 1. The van der Waals surface area contributed by atoms with Crippen LogP contribution in [0.1, 0.15) is 46.0 Å². The molecule has 4 atom stereocenters. The van der Waals surface area contributed by atoms with E-state index in [-0.39, 0.29) is 0 Å². The number of hydrogen-bond acceptors (Lipinski definition) is 3. The summed E-state index contributed by atoms with van der Waals surface area (Å²) in [6.45, 7) is 8.36. The van der Waals surface area contributed by atoms with Gasteiger partial charge in [0.1, 0.15) is 0 Å². The Morgan fingerprint density at radius 3 is 2.72 bits per heavy atom. The fraction of sp³-hybridized carbons (Fsp3) is 1.00. The number of piperidine rings is 1. The highest BCUT2D eigenvalue weighted by molar-refractivity contribution is 4.89. The quantitative estimate of drug-likeness (QED) is 0.814. The summed E-state index contributed by atoms with van der Waals surface area (Å²) in [5, 5.41) is 3.70. The van der Waals surface area contributed by atoms with E-state index in [2.05, 4.69) is 24.1 Å². The van der Waals surface area contributed by atoms with Crippen LogP contribution in [0, 0.1) is 5.92 Å². The molecule has 0 bridgehead atoms. The summed E-state index contributed by atoms with van der Waals surface area (Å²) in [6.07, 6.45) is 6.90. The van der Waals surface area contributed by atoms with E-state index in [1.807, 2.05) is 7.11 Å². The molecule has 3 heteroatoms. The molecule has 2 fully saturated rings. The van der Waals surface area contributed by atoms with Gasteiger partial charge in [-0.1, -0.05) is 13.8 Å². The monoisotopic (exact) mass is 254 g/mol. The third-order valence-electron chi connectivity index (χ3n) is 4.80. The van der Waals surface area contributed by atoms with Gasteiger partial charge in [0.15, 0.2) is 0 Å². The summed E-state index contributed by atoms with van der Waals surface area (Å²) in [7, 11) is 1.86. The van der Waals surface area contributed by atoms with Crippen molar-refractivity contribution in [2.75, 3.05) is 26.7 Å². The first-order chi connectivity index (χ1) is 8.74. The van der Waals surface area contributed by atoms with Crippen molar-refractivity contribution in [3.63, 3.8) is 0 Å². The van der Waals surface area contributed by atoms with Crippen molar-refractivity contribution >= 4 is 0 Å². The number of ether oxygens (including phenoxy) is 1. The molecule has 0 aromatic carbocycles. The fourth-order valence-corrected chi connectivity index (χ4v) is 3.61. The molecule has 0 amide bonds. The second-order valence-electron chi connectivity index (χ2n) is 6.15. The Hall–Kier alpha value is -0.120. The summed E-state index contributed by atoms with van der Waals surface area (Å²) in [5.74, 6) is 0.784. The van der Waals surface area contributed by atoms with E-state index >= 15 is 0 Å². The van der Waals surface area contributed by atoms with Gasteiger partial charge in [0.05, 0.1) is 6.10 Å². The minimum atomic E-state index is 0.515. The molecule has 1 heterocycles. The Balaban J connectivity index is 1.77. The van der Waals surface area contributed by atoms with Crippen molar-refractivity contribution in [2.24, 2.45) is 5.92 Å². The first-order valence-electron chi connectivity index (χ1n) is 7.74. The molecule has 1 saturated carbocycles. The number of likely N-dealkylation sites (tertiary alicyclic amines) is 1. The molecular weight excluding hydrogens is 224 g/mol. The van der Waals surface area contributed by atoms with E-state index in [0.29, 0.717) is 6.10 Å². The van der Waals surface area contributed by atoms with Gasteiger partial charge in [-0.3, -0.25) is 4.90 Å². The van der Waals surface area contributed by atoms with Crippen molar-refractivity contribution in [2.45, 2.75) is 64.1 Å². The normalized spacial score (nSPS) is 38.2. The van der Waals surface area contributed by atoms with E-state index in [1.54, 1.807) is 0 Å². The van der Waals surface area contributed by atoms with Crippen molar-refractivity contribution < 1.29 is 4.74 Å². The first-order valence-corrected chi connectivity index (χ1v) is 7.74. The number of hydrogen-bond donors (Lipinski definition) is 1. The second kappa shape index (κ2) is 6.88. The lowest BCUT2D eigenvalue weighted by Crippen LogP contribution is -2.51. The van der Waals surface area contributed by atoms with Crippen molar-refractivity contribution in [3.05, 3.63) is 0 Å². The Morgan fingerprint density at radius 2 is 2.11 bits per heavy atom. The van der Waals surface area contributed by atoms with Crippen LogP contribution >= 0.6 is 0 Å². The SMILES string of the molecule is CCCNC1CCN(C2CCC(OC)C2)CC1C. The van der Waals surface area contributed by atoms with Crippen molar-refractivity contribution in [3.8, 4) is 0 Å². The summed E-state index contributed by atoms with van der Waals surface area (Å²) in [5.41, 5.74) is 0. The first kappa shape index (κ1) is 14.3. The average Bonchev–Trinajstić information content (AvgIpc) is 2.86. The zero-order valence-corrected chi connectivity index (χ0v) is 12.3. The Morgan fingerprint density at radius 1 is 1.28 bits per heavy atom. The molecule has 4 unspecified atom stereocenters. The summed E-state index contributed by atoms with van der Waals surface area (Å²) < 4.78 is 5.49. The lowest BCUT2D eigenvalue weighted by atomic mass is 9.92. The fourth-order valence-electron chi connectivity index (χ4n) is 3.61. The van der Waals surface area contributed by atoms with Gasteiger partial charge in [-0.15, -0.1) is 0 Å². The number of methoxy groups -OCH3 is 1. The molecule has 1 aliphatic heterocycles. The van der Waals surface area contributed by atoms with E-state index in [4.69, 9.17) is 4.74 Å². The zero-order valence-electron chi connectivity index (χ0n) is 12.3. The van der Waals surface area contributed by atoms with Crippen LogP contribution in [0.5, 0.6) is 0 Å². The third-order valence-corrected chi connectivity index (χ3v) is 4.80. The van der Waals surface area contributed by atoms with Crippen LogP contribution in [0.25, 0.3) is 0 Å². The number of rotatable bonds is 5. The lowest BCUT2D eigenvalue weighted by molar-refractivity contribution is 0.0771. The number of nitrogens with one attached hydrogen (secondary N) is 1. The molecule has 1 saturated heterocycles. The Kier molecular flexibility index (Phi) is 5.46. The largest absolute Gasteiger partial charge is 0.381 e. The molecule has 0 radical (unpaired) electrons. The maximum Gasteiger partial charge on any atom is 0.0586 e. The predicted molar refractivity (Wildman–Crippen MR) is 75.9 cm³/mol. The van der Waals surface area contributed by atoms with Gasteiger partial charge in [0.25, 0.3) is 0 Å². The highest BCUT2D eigenvalue weighted by Gasteiger charge is 2.33. The van der Waals surface area contributed by atoms with Gasteiger partial charge in [-0.2, -0.15) is 0 Å². The summed E-state index contributed by atoms with van der Waals surface area (Å²) in [4.78, 5) is 2.72. The standard InChI is InChI=1S/C15H30N2O/c1-4-8-16-15-7-9-17(11-12(15)2)13-5-6-14(10-13)18-3/h12-16H,4-11H2,1-3H3. The molecule has 0 spiro atoms. The molecule has 0 aromatic rings. The van der Waals surface area contributed by atoms with Crippen LogP contribution in [0.15, 0.2) is 0 Å². The van der Waals surface area contributed by atoms with Gasteiger partial charge >= 0.3 is 0 Å². The van der Waals surface area contributed by atoms with Gasteiger partial charge < -0.3 is 10.1 Å². The molecule has 106 valence electrons. The Labute approximate surface area is 112 Å². The molecule has 1 aliphatic carbocycles. The molecule has 3 nitrogen and oxygen atoms in total. The van der Waals surface area contributed by atoms with Crippen molar-refractivity contribution in [1.29, 1.82) is 0 Å². The molecular formula is C15H30N2O. The van der Waals surface area contributed by atoms with Gasteiger partial charge in [-0.05, 0) is 51.1 Å². The molecule has 18 heavy (non-hydrogen) atoms. The maximum atomic E-state index is 5.49. The predicted octanol–water partition coefficient (Wildman–Crippen LogP) is 2.26. The van der Waals surface area contributed by atoms with Crippen LogP contribution in [0.2, 0.25) is 0 Å².